The van der Waals surface area contributed by atoms with Crippen LogP contribution in [0.5, 0.6) is 0 Å². The van der Waals surface area contributed by atoms with Crippen molar-refractivity contribution in [3.63, 3.8) is 0 Å². The number of para-hydroxylation sites is 1. The molecule has 0 bridgehead atoms. The van der Waals surface area contributed by atoms with Gasteiger partial charge in [0.25, 0.3) is 0 Å². The highest BCUT2D eigenvalue weighted by Gasteiger charge is 2.17. The highest BCUT2D eigenvalue weighted by Crippen LogP contribution is 2.32. The van der Waals surface area contributed by atoms with Gasteiger partial charge in [-0.2, -0.15) is 0 Å². The molecule has 0 radical (unpaired) electrons. The molecular weight excluding hydrogens is 318 g/mol. The van der Waals surface area contributed by atoms with Gasteiger partial charge in [0, 0.05) is 24.1 Å². The van der Waals surface area contributed by atoms with Gasteiger partial charge >= 0.3 is 0 Å². The molecule has 0 aliphatic carbocycles. The van der Waals surface area contributed by atoms with Crippen LogP contribution in [-0.2, 0) is 17.8 Å². The first-order valence-electron chi connectivity index (χ1n) is 7.93. The Balaban J connectivity index is 1.56. The second kappa shape index (κ2) is 6.53. The lowest BCUT2D eigenvalue weighted by molar-refractivity contribution is -0.115. The van der Waals surface area contributed by atoms with E-state index in [0.717, 1.165) is 40.0 Å². The minimum atomic E-state index is -0.0187. The Morgan fingerprint density at radius 1 is 1.12 bits per heavy atom. The van der Waals surface area contributed by atoms with E-state index in [1.54, 1.807) is 11.8 Å². The first kappa shape index (κ1) is 15.0. The number of hydrogen-bond donors (Lipinski definition) is 1. The third-order valence-electron chi connectivity index (χ3n) is 3.99. The molecule has 0 unspecified atom stereocenters. The van der Waals surface area contributed by atoms with Gasteiger partial charge < -0.3 is 9.88 Å². The summed E-state index contributed by atoms with van der Waals surface area (Å²) in [5, 5.41) is 4.08. The van der Waals surface area contributed by atoms with E-state index in [2.05, 4.69) is 21.1 Å². The van der Waals surface area contributed by atoms with E-state index < -0.39 is 0 Å². The zero-order valence-electron chi connectivity index (χ0n) is 13.1. The van der Waals surface area contributed by atoms with Crippen LogP contribution < -0.4 is 5.32 Å². The molecule has 2 aromatic carbocycles. The normalized spacial score (nSPS) is 12.8. The van der Waals surface area contributed by atoms with Gasteiger partial charge in [0.1, 0.15) is 0 Å². The molecule has 2 heterocycles. The molecule has 1 aromatic heterocycles. The maximum absolute atomic E-state index is 12.4. The Kier molecular flexibility index (Phi) is 4.09. The van der Waals surface area contributed by atoms with Crippen molar-refractivity contribution >= 4 is 23.4 Å². The van der Waals surface area contributed by atoms with Gasteiger partial charge in [-0.3, -0.25) is 4.79 Å². The SMILES string of the molecule is O=C(Cc1ccccc1)Nc1ccccc1-c1cn2c(n1)SCC2. The van der Waals surface area contributed by atoms with E-state index in [9.17, 15) is 4.79 Å². The molecule has 5 heteroatoms. The average molecular weight is 335 g/mol. The fourth-order valence-electron chi connectivity index (χ4n) is 2.83. The molecule has 0 saturated carbocycles. The van der Waals surface area contributed by atoms with E-state index in [0.29, 0.717) is 6.42 Å². The van der Waals surface area contributed by atoms with Gasteiger partial charge in [-0.05, 0) is 11.6 Å². The summed E-state index contributed by atoms with van der Waals surface area (Å²) in [7, 11) is 0. The third-order valence-corrected chi connectivity index (χ3v) is 4.96. The number of nitrogens with one attached hydrogen (secondary N) is 1. The number of anilines is 1. The van der Waals surface area contributed by atoms with Crippen molar-refractivity contribution in [2.45, 2.75) is 18.1 Å². The van der Waals surface area contributed by atoms with Crippen LogP contribution in [0.2, 0.25) is 0 Å². The summed E-state index contributed by atoms with van der Waals surface area (Å²) >= 11 is 1.77. The molecule has 0 atom stereocenters. The van der Waals surface area contributed by atoms with Gasteiger partial charge in [0.15, 0.2) is 5.16 Å². The number of thioether (sulfide) groups is 1. The Morgan fingerprint density at radius 3 is 2.75 bits per heavy atom. The number of nitrogens with zero attached hydrogens (tertiary/aromatic N) is 2. The van der Waals surface area contributed by atoms with Crippen molar-refractivity contribution in [3.05, 3.63) is 66.4 Å². The molecule has 4 rings (SSSR count). The quantitative estimate of drug-likeness (QED) is 0.788. The van der Waals surface area contributed by atoms with Crippen molar-refractivity contribution in [1.29, 1.82) is 0 Å². The molecule has 1 amide bonds. The average Bonchev–Trinajstić information content (AvgIpc) is 3.18. The molecule has 0 fully saturated rings. The zero-order chi connectivity index (χ0) is 16.4. The third kappa shape index (κ3) is 3.08. The first-order valence-corrected chi connectivity index (χ1v) is 8.91. The van der Waals surface area contributed by atoms with Gasteiger partial charge in [0.05, 0.1) is 17.8 Å². The maximum Gasteiger partial charge on any atom is 0.228 e. The summed E-state index contributed by atoms with van der Waals surface area (Å²) in [5.74, 6) is 1.06. The lowest BCUT2D eigenvalue weighted by Crippen LogP contribution is -2.15. The molecule has 4 nitrogen and oxygen atoms in total. The molecule has 24 heavy (non-hydrogen) atoms. The Bertz CT molecular complexity index is 852. The number of hydrogen-bond acceptors (Lipinski definition) is 3. The highest BCUT2D eigenvalue weighted by atomic mass is 32.2. The van der Waals surface area contributed by atoms with Crippen LogP contribution in [0.25, 0.3) is 11.3 Å². The van der Waals surface area contributed by atoms with E-state index in [1.165, 1.54) is 0 Å². The molecule has 3 aromatic rings. The number of benzene rings is 2. The molecule has 0 saturated heterocycles. The summed E-state index contributed by atoms with van der Waals surface area (Å²) in [6.45, 7) is 0.996. The molecule has 1 N–H and O–H groups in total. The highest BCUT2D eigenvalue weighted by molar-refractivity contribution is 7.99. The van der Waals surface area contributed by atoms with Crippen molar-refractivity contribution in [3.8, 4) is 11.3 Å². The van der Waals surface area contributed by atoms with Crippen LogP contribution in [0.3, 0.4) is 0 Å². The Morgan fingerprint density at radius 2 is 1.92 bits per heavy atom. The number of amides is 1. The number of fused-ring (bicyclic) bond motifs is 1. The summed E-state index contributed by atoms with van der Waals surface area (Å²) in [4.78, 5) is 17.1. The van der Waals surface area contributed by atoms with Crippen LogP contribution in [0, 0.1) is 0 Å². The van der Waals surface area contributed by atoms with E-state index in [-0.39, 0.29) is 5.91 Å². The minimum absolute atomic E-state index is 0.0187. The fraction of sp³-hybridized carbons (Fsp3) is 0.158. The monoisotopic (exact) mass is 335 g/mol. The van der Waals surface area contributed by atoms with Gasteiger partial charge in [-0.15, -0.1) is 0 Å². The number of carbonyl (C=O) groups is 1. The molecule has 120 valence electrons. The number of aromatic nitrogens is 2. The predicted octanol–water partition coefficient (Wildman–Crippen LogP) is 3.84. The maximum atomic E-state index is 12.4. The Hall–Kier alpha value is -2.53. The largest absolute Gasteiger partial charge is 0.325 e. The molecule has 1 aliphatic heterocycles. The summed E-state index contributed by atoms with van der Waals surface area (Å²) in [6, 6.07) is 17.6. The number of rotatable bonds is 4. The number of aryl methyl sites for hydroxylation is 1. The lowest BCUT2D eigenvalue weighted by atomic mass is 10.1. The van der Waals surface area contributed by atoms with Crippen molar-refractivity contribution in [2.75, 3.05) is 11.1 Å². The minimum Gasteiger partial charge on any atom is -0.325 e. The second-order valence-corrected chi connectivity index (χ2v) is 6.77. The smallest absolute Gasteiger partial charge is 0.228 e. The van der Waals surface area contributed by atoms with Crippen LogP contribution in [0.15, 0.2) is 66.0 Å². The lowest BCUT2D eigenvalue weighted by Gasteiger charge is -2.09. The summed E-state index contributed by atoms with van der Waals surface area (Å²) in [6.07, 6.45) is 2.43. The van der Waals surface area contributed by atoms with Crippen molar-refractivity contribution < 1.29 is 4.79 Å². The van der Waals surface area contributed by atoms with Crippen LogP contribution in [0.1, 0.15) is 5.56 Å². The van der Waals surface area contributed by atoms with Crippen molar-refractivity contribution in [1.82, 2.24) is 9.55 Å². The fourth-order valence-corrected chi connectivity index (χ4v) is 3.77. The summed E-state index contributed by atoms with van der Waals surface area (Å²) < 4.78 is 2.17. The predicted molar refractivity (Wildman–Crippen MR) is 97.2 cm³/mol. The Labute approximate surface area is 144 Å². The van der Waals surface area contributed by atoms with Crippen LogP contribution in [0.4, 0.5) is 5.69 Å². The number of carbonyl (C=O) groups excluding carboxylic acids is 1. The van der Waals surface area contributed by atoms with Gasteiger partial charge in [-0.25, -0.2) is 4.98 Å². The van der Waals surface area contributed by atoms with Crippen molar-refractivity contribution in [2.24, 2.45) is 0 Å². The standard InChI is InChI=1S/C19H17N3OS/c23-18(12-14-6-2-1-3-7-14)20-16-9-5-4-8-15(16)17-13-22-10-11-24-19(22)21-17/h1-9,13H,10-12H2,(H,20,23). The molecular formula is C19H17N3OS. The number of imidazole rings is 1. The summed E-state index contributed by atoms with van der Waals surface area (Å²) in [5.41, 5.74) is 3.68. The van der Waals surface area contributed by atoms with E-state index >= 15 is 0 Å². The first-order chi connectivity index (χ1) is 11.8. The molecule has 1 aliphatic rings. The van der Waals surface area contributed by atoms with Crippen LogP contribution >= 0.6 is 11.8 Å². The topological polar surface area (TPSA) is 46.9 Å². The van der Waals surface area contributed by atoms with Gasteiger partial charge in [0.2, 0.25) is 5.91 Å². The zero-order valence-corrected chi connectivity index (χ0v) is 13.9. The van der Waals surface area contributed by atoms with Gasteiger partial charge in [-0.1, -0.05) is 60.3 Å². The second-order valence-electron chi connectivity index (χ2n) is 5.71. The van der Waals surface area contributed by atoms with E-state index in [4.69, 9.17) is 0 Å². The van der Waals surface area contributed by atoms with E-state index in [1.807, 2.05) is 54.6 Å². The molecule has 0 spiro atoms. The van der Waals surface area contributed by atoms with Crippen LogP contribution in [-0.4, -0.2) is 21.2 Å².